The van der Waals surface area contributed by atoms with Gasteiger partial charge in [0.15, 0.2) is 0 Å². The summed E-state index contributed by atoms with van der Waals surface area (Å²) in [5.41, 5.74) is 3.77. The zero-order chi connectivity index (χ0) is 14.1. The van der Waals surface area contributed by atoms with E-state index < -0.39 is 0 Å². The van der Waals surface area contributed by atoms with E-state index in [1.807, 2.05) is 12.1 Å². The molecule has 2 aromatic carbocycles. The molecule has 3 rings (SSSR count). The first kappa shape index (κ1) is 13.8. The fraction of sp³-hybridized carbons (Fsp3) is 0.294. The summed E-state index contributed by atoms with van der Waals surface area (Å²) in [6, 6.07) is 15.0. The second-order valence-electron chi connectivity index (χ2n) is 5.58. The van der Waals surface area contributed by atoms with E-state index in [1.165, 1.54) is 11.1 Å². The quantitative estimate of drug-likeness (QED) is 0.771. The van der Waals surface area contributed by atoms with Gasteiger partial charge in [-0.25, -0.2) is 0 Å². The maximum atomic E-state index is 6.01. The fourth-order valence-electron chi connectivity index (χ4n) is 2.72. The van der Waals surface area contributed by atoms with E-state index in [0.717, 1.165) is 18.5 Å². The van der Waals surface area contributed by atoms with Gasteiger partial charge in [0, 0.05) is 21.8 Å². The number of hydrogen-bond acceptors (Lipinski definition) is 1. The summed E-state index contributed by atoms with van der Waals surface area (Å²) in [5, 5.41) is 4.85. The van der Waals surface area contributed by atoms with Crippen LogP contribution in [-0.4, -0.2) is 6.04 Å². The highest BCUT2D eigenvalue weighted by Crippen LogP contribution is 2.39. The molecule has 3 heteroatoms. The zero-order valence-electron chi connectivity index (χ0n) is 11.4. The van der Waals surface area contributed by atoms with Crippen LogP contribution in [0, 0.1) is 6.92 Å². The third-order valence-electron chi connectivity index (χ3n) is 3.92. The van der Waals surface area contributed by atoms with Crippen LogP contribution in [0.1, 0.15) is 29.9 Å². The highest BCUT2D eigenvalue weighted by Gasteiger charge is 2.30. The molecular weight excluding hydrogens is 289 g/mol. The van der Waals surface area contributed by atoms with Gasteiger partial charge >= 0.3 is 0 Å². The molecule has 0 unspecified atom stereocenters. The molecule has 0 saturated heterocycles. The number of halogens is 2. The summed E-state index contributed by atoms with van der Waals surface area (Å²) in [7, 11) is 0. The van der Waals surface area contributed by atoms with Gasteiger partial charge in [-0.1, -0.05) is 53.0 Å². The third-order valence-corrected chi connectivity index (χ3v) is 4.36. The Hall–Kier alpha value is -1.18. The summed E-state index contributed by atoms with van der Waals surface area (Å²) in [5.74, 6) is 0.669. The minimum Gasteiger partial charge on any atom is -0.382 e. The van der Waals surface area contributed by atoms with E-state index >= 15 is 0 Å². The van der Waals surface area contributed by atoms with Crippen molar-refractivity contribution in [1.82, 2.24) is 0 Å². The second kappa shape index (κ2) is 5.67. The van der Waals surface area contributed by atoms with E-state index in [1.54, 1.807) is 6.07 Å². The molecule has 1 saturated carbocycles. The van der Waals surface area contributed by atoms with Crippen LogP contribution in [0.2, 0.25) is 10.0 Å². The maximum absolute atomic E-state index is 6.01. The van der Waals surface area contributed by atoms with Gasteiger partial charge in [-0.2, -0.15) is 0 Å². The van der Waals surface area contributed by atoms with Crippen LogP contribution >= 0.6 is 23.2 Å². The first-order chi connectivity index (χ1) is 9.60. The standard InChI is InChI=1S/C17H17Cl2N/c1-11-2-4-12(5-3-11)13-6-16(7-13)20-17-9-14(18)8-15(19)10-17/h2-5,8-10,13,16,20H,6-7H2,1H3. The SMILES string of the molecule is Cc1ccc(C2CC(Nc3cc(Cl)cc(Cl)c3)C2)cc1. The monoisotopic (exact) mass is 305 g/mol. The Labute approximate surface area is 129 Å². The predicted molar refractivity (Wildman–Crippen MR) is 87.0 cm³/mol. The largest absolute Gasteiger partial charge is 0.382 e. The molecule has 0 aromatic heterocycles. The van der Waals surface area contributed by atoms with Gasteiger partial charge in [0.1, 0.15) is 0 Å². The summed E-state index contributed by atoms with van der Waals surface area (Å²) < 4.78 is 0. The topological polar surface area (TPSA) is 12.0 Å². The van der Waals surface area contributed by atoms with Crippen molar-refractivity contribution < 1.29 is 0 Å². The Morgan fingerprint density at radius 1 is 0.950 bits per heavy atom. The fourth-order valence-corrected chi connectivity index (χ4v) is 3.25. The summed E-state index contributed by atoms with van der Waals surface area (Å²) in [6.07, 6.45) is 2.32. The van der Waals surface area contributed by atoms with E-state index in [4.69, 9.17) is 23.2 Å². The van der Waals surface area contributed by atoms with Crippen molar-refractivity contribution in [1.29, 1.82) is 0 Å². The van der Waals surface area contributed by atoms with Gasteiger partial charge in [0.05, 0.1) is 0 Å². The molecule has 2 aromatic rings. The number of anilines is 1. The van der Waals surface area contributed by atoms with Gasteiger partial charge in [-0.05, 0) is 49.4 Å². The van der Waals surface area contributed by atoms with Crippen LogP contribution in [0.25, 0.3) is 0 Å². The maximum Gasteiger partial charge on any atom is 0.0441 e. The van der Waals surface area contributed by atoms with Crippen LogP contribution in [0.4, 0.5) is 5.69 Å². The van der Waals surface area contributed by atoms with Crippen molar-refractivity contribution in [3.63, 3.8) is 0 Å². The minimum absolute atomic E-state index is 0.510. The zero-order valence-corrected chi connectivity index (χ0v) is 12.9. The van der Waals surface area contributed by atoms with Crippen molar-refractivity contribution >= 4 is 28.9 Å². The molecule has 0 bridgehead atoms. The molecule has 1 aliphatic rings. The molecule has 0 radical (unpaired) electrons. The average molecular weight is 306 g/mol. The van der Waals surface area contributed by atoms with Gasteiger partial charge in [-0.15, -0.1) is 0 Å². The van der Waals surface area contributed by atoms with Crippen molar-refractivity contribution in [3.05, 3.63) is 63.6 Å². The molecule has 1 N–H and O–H groups in total. The van der Waals surface area contributed by atoms with Gasteiger partial charge in [0.25, 0.3) is 0 Å². The number of aryl methyl sites for hydroxylation is 1. The Kier molecular flexibility index (Phi) is 3.91. The van der Waals surface area contributed by atoms with Gasteiger partial charge < -0.3 is 5.32 Å². The van der Waals surface area contributed by atoms with Crippen molar-refractivity contribution in [2.24, 2.45) is 0 Å². The Bertz CT molecular complexity index is 581. The molecule has 1 nitrogen and oxygen atoms in total. The van der Waals surface area contributed by atoms with Crippen LogP contribution in [0.3, 0.4) is 0 Å². The molecule has 1 aliphatic carbocycles. The van der Waals surface area contributed by atoms with Gasteiger partial charge in [0.2, 0.25) is 0 Å². The molecular formula is C17H17Cl2N. The summed E-state index contributed by atoms with van der Waals surface area (Å²) >= 11 is 12.0. The molecule has 0 amide bonds. The van der Waals surface area contributed by atoms with E-state index in [9.17, 15) is 0 Å². The van der Waals surface area contributed by atoms with E-state index in [-0.39, 0.29) is 0 Å². The van der Waals surface area contributed by atoms with Crippen molar-refractivity contribution in [2.45, 2.75) is 31.7 Å². The third kappa shape index (κ3) is 3.11. The Balaban J connectivity index is 1.59. The summed E-state index contributed by atoms with van der Waals surface area (Å²) in [4.78, 5) is 0. The minimum atomic E-state index is 0.510. The lowest BCUT2D eigenvalue weighted by atomic mass is 9.75. The molecule has 0 heterocycles. The summed E-state index contributed by atoms with van der Waals surface area (Å²) in [6.45, 7) is 2.12. The van der Waals surface area contributed by atoms with Gasteiger partial charge in [-0.3, -0.25) is 0 Å². The molecule has 0 atom stereocenters. The van der Waals surface area contributed by atoms with Crippen LogP contribution in [0.5, 0.6) is 0 Å². The predicted octanol–water partition coefficient (Wildman–Crippen LogP) is 5.66. The molecule has 0 spiro atoms. The first-order valence-corrected chi connectivity index (χ1v) is 7.65. The van der Waals surface area contributed by atoms with Crippen LogP contribution < -0.4 is 5.32 Å². The second-order valence-corrected chi connectivity index (χ2v) is 6.45. The van der Waals surface area contributed by atoms with Crippen LogP contribution in [0.15, 0.2) is 42.5 Å². The molecule has 104 valence electrons. The van der Waals surface area contributed by atoms with E-state index in [0.29, 0.717) is 22.0 Å². The number of hydrogen-bond donors (Lipinski definition) is 1. The molecule has 20 heavy (non-hydrogen) atoms. The number of nitrogens with one attached hydrogen (secondary N) is 1. The number of rotatable bonds is 3. The lowest BCUT2D eigenvalue weighted by Gasteiger charge is -2.37. The smallest absolute Gasteiger partial charge is 0.0441 e. The molecule has 0 aliphatic heterocycles. The highest BCUT2D eigenvalue weighted by atomic mass is 35.5. The Morgan fingerprint density at radius 2 is 1.55 bits per heavy atom. The molecule has 1 fully saturated rings. The van der Waals surface area contributed by atoms with Crippen molar-refractivity contribution in [3.8, 4) is 0 Å². The van der Waals surface area contributed by atoms with Crippen molar-refractivity contribution in [2.75, 3.05) is 5.32 Å². The van der Waals surface area contributed by atoms with E-state index in [2.05, 4.69) is 36.5 Å². The normalized spacial score (nSPS) is 21.4. The lowest BCUT2D eigenvalue weighted by molar-refractivity contribution is 0.374. The van der Waals surface area contributed by atoms with Crippen LogP contribution in [-0.2, 0) is 0 Å². The number of benzene rings is 2. The lowest BCUT2D eigenvalue weighted by Crippen LogP contribution is -2.33. The average Bonchev–Trinajstić information content (AvgIpc) is 2.33. The highest BCUT2D eigenvalue weighted by molar-refractivity contribution is 6.35. The first-order valence-electron chi connectivity index (χ1n) is 6.89. The Morgan fingerprint density at radius 3 is 2.15 bits per heavy atom.